The van der Waals surface area contributed by atoms with Crippen LogP contribution in [0.25, 0.3) is 17.0 Å². The van der Waals surface area contributed by atoms with Crippen LogP contribution in [0.2, 0.25) is 0 Å². The van der Waals surface area contributed by atoms with E-state index in [-0.39, 0.29) is 5.56 Å². The van der Waals surface area contributed by atoms with Gasteiger partial charge in [0.15, 0.2) is 0 Å². The van der Waals surface area contributed by atoms with E-state index in [0.717, 1.165) is 48.0 Å². The van der Waals surface area contributed by atoms with E-state index in [0.29, 0.717) is 5.95 Å². The zero-order chi connectivity index (χ0) is 14.8. The molecule has 2 heterocycles. The SMILES string of the molecule is CCCCCc1c(C)[nH]n(-c2nc3ccccc3[nH]2)c1=O. The molecule has 0 aliphatic heterocycles. The molecule has 0 saturated carbocycles. The van der Waals surface area contributed by atoms with Crippen LogP contribution in [0.5, 0.6) is 0 Å². The highest BCUT2D eigenvalue weighted by Gasteiger charge is 2.14. The molecule has 0 aliphatic carbocycles. The van der Waals surface area contributed by atoms with Crippen LogP contribution >= 0.6 is 0 Å². The summed E-state index contributed by atoms with van der Waals surface area (Å²) in [7, 11) is 0. The summed E-state index contributed by atoms with van der Waals surface area (Å²) in [6.45, 7) is 4.11. The van der Waals surface area contributed by atoms with Gasteiger partial charge in [0.1, 0.15) is 0 Å². The maximum absolute atomic E-state index is 12.5. The lowest BCUT2D eigenvalue weighted by Gasteiger charge is -1.96. The number of nitrogens with zero attached hydrogens (tertiary/aromatic N) is 2. The molecule has 3 aromatic rings. The standard InChI is InChI=1S/C16H20N4O/c1-3-4-5-8-12-11(2)19-20(15(12)21)16-17-13-9-6-7-10-14(13)18-16/h6-7,9-10,19H,3-5,8H2,1-2H3,(H,17,18). The van der Waals surface area contributed by atoms with Gasteiger partial charge in [-0.2, -0.15) is 4.68 Å². The van der Waals surface area contributed by atoms with Crippen LogP contribution in [-0.4, -0.2) is 19.7 Å². The summed E-state index contributed by atoms with van der Waals surface area (Å²) >= 11 is 0. The molecule has 3 rings (SSSR count). The van der Waals surface area contributed by atoms with Crippen LogP contribution in [-0.2, 0) is 6.42 Å². The molecule has 0 fully saturated rings. The van der Waals surface area contributed by atoms with Crippen molar-refractivity contribution >= 4 is 11.0 Å². The van der Waals surface area contributed by atoms with E-state index in [1.54, 1.807) is 0 Å². The summed E-state index contributed by atoms with van der Waals surface area (Å²) in [5.74, 6) is 0.547. The van der Waals surface area contributed by atoms with Crippen molar-refractivity contribution in [2.24, 2.45) is 0 Å². The molecule has 0 spiro atoms. The van der Waals surface area contributed by atoms with Crippen LogP contribution in [0.1, 0.15) is 37.4 Å². The van der Waals surface area contributed by atoms with Gasteiger partial charge in [-0.3, -0.25) is 9.89 Å². The number of unbranched alkanes of at least 4 members (excludes halogenated alkanes) is 2. The van der Waals surface area contributed by atoms with Gasteiger partial charge in [-0.25, -0.2) is 4.98 Å². The van der Waals surface area contributed by atoms with Crippen molar-refractivity contribution < 1.29 is 0 Å². The Labute approximate surface area is 123 Å². The maximum Gasteiger partial charge on any atom is 0.277 e. The van der Waals surface area contributed by atoms with Crippen molar-refractivity contribution in [2.75, 3.05) is 0 Å². The number of hydrogen-bond donors (Lipinski definition) is 2. The van der Waals surface area contributed by atoms with Gasteiger partial charge in [0.05, 0.1) is 11.0 Å². The first-order chi connectivity index (χ1) is 10.2. The monoisotopic (exact) mass is 284 g/mol. The Hall–Kier alpha value is -2.30. The van der Waals surface area contributed by atoms with Gasteiger partial charge < -0.3 is 4.98 Å². The number of aromatic nitrogens is 4. The fourth-order valence-corrected chi connectivity index (χ4v) is 2.62. The van der Waals surface area contributed by atoms with E-state index in [9.17, 15) is 4.79 Å². The first kappa shape index (κ1) is 13.7. The molecule has 0 saturated heterocycles. The molecule has 5 nitrogen and oxygen atoms in total. The van der Waals surface area contributed by atoms with Crippen LogP contribution in [0.3, 0.4) is 0 Å². The summed E-state index contributed by atoms with van der Waals surface area (Å²) in [5, 5.41) is 3.13. The fourth-order valence-electron chi connectivity index (χ4n) is 2.62. The van der Waals surface area contributed by atoms with Gasteiger partial charge in [0, 0.05) is 11.3 Å². The number of hydrogen-bond acceptors (Lipinski definition) is 2. The summed E-state index contributed by atoms with van der Waals surface area (Å²) < 4.78 is 1.51. The van der Waals surface area contributed by atoms with E-state index in [2.05, 4.69) is 22.0 Å². The Morgan fingerprint density at radius 1 is 1.24 bits per heavy atom. The number of nitrogens with one attached hydrogen (secondary N) is 2. The predicted molar refractivity (Wildman–Crippen MR) is 84.0 cm³/mol. The third-order valence-corrected chi connectivity index (χ3v) is 3.81. The molecule has 0 unspecified atom stereocenters. The molecule has 2 N–H and O–H groups in total. The number of fused-ring (bicyclic) bond motifs is 1. The molecule has 110 valence electrons. The number of para-hydroxylation sites is 2. The minimum atomic E-state index is 0.00246. The van der Waals surface area contributed by atoms with Crippen LogP contribution in [0.4, 0.5) is 0 Å². The number of aromatic amines is 2. The van der Waals surface area contributed by atoms with Crippen molar-refractivity contribution in [3.63, 3.8) is 0 Å². The summed E-state index contributed by atoms with van der Waals surface area (Å²) in [6, 6.07) is 7.77. The van der Waals surface area contributed by atoms with Crippen molar-refractivity contribution in [3.8, 4) is 5.95 Å². The molecule has 0 amide bonds. The Balaban J connectivity index is 1.99. The maximum atomic E-state index is 12.5. The van der Waals surface area contributed by atoms with Gasteiger partial charge in [0.25, 0.3) is 5.56 Å². The summed E-state index contributed by atoms with van der Waals surface area (Å²) in [6.07, 6.45) is 4.17. The van der Waals surface area contributed by atoms with E-state index in [1.807, 2.05) is 31.2 Å². The third kappa shape index (κ3) is 2.51. The molecule has 0 aliphatic rings. The molecule has 0 bridgehead atoms. The van der Waals surface area contributed by atoms with Crippen molar-refractivity contribution in [1.82, 2.24) is 19.7 Å². The number of benzene rings is 1. The lowest BCUT2D eigenvalue weighted by atomic mass is 10.1. The second-order valence-corrected chi connectivity index (χ2v) is 5.39. The normalized spacial score (nSPS) is 11.3. The van der Waals surface area contributed by atoms with Crippen LogP contribution < -0.4 is 5.56 Å². The number of rotatable bonds is 5. The quantitative estimate of drug-likeness (QED) is 0.707. The number of imidazole rings is 1. The van der Waals surface area contributed by atoms with Crippen molar-refractivity contribution in [3.05, 3.63) is 45.9 Å². The zero-order valence-electron chi connectivity index (χ0n) is 12.4. The number of H-pyrrole nitrogens is 2. The zero-order valence-corrected chi connectivity index (χ0v) is 12.4. The molecular formula is C16H20N4O. The van der Waals surface area contributed by atoms with Gasteiger partial charge >= 0.3 is 0 Å². The minimum Gasteiger partial charge on any atom is -0.322 e. The molecule has 5 heteroatoms. The average molecular weight is 284 g/mol. The first-order valence-corrected chi connectivity index (χ1v) is 7.46. The molecule has 2 aromatic heterocycles. The van der Waals surface area contributed by atoms with Crippen molar-refractivity contribution in [2.45, 2.75) is 39.5 Å². The average Bonchev–Trinajstić information content (AvgIpc) is 3.02. The molecule has 0 radical (unpaired) electrons. The van der Waals surface area contributed by atoms with E-state index in [4.69, 9.17) is 0 Å². The van der Waals surface area contributed by atoms with Gasteiger partial charge in [0.2, 0.25) is 5.95 Å². The Morgan fingerprint density at radius 2 is 2.05 bits per heavy atom. The lowest BCUT2D eigenvalue weighted by Crippen LogP contribution is -2.18. The predicted octanol–water partition coefficient (Wildman–Crippen LogP) is 3.08. The highest BCUT2D eigenvalue weighted by atomic mass is 16.1. The van der Waals surface area contributed by atoms with E-state index >= 15 is 0 Å². The lowest BCUT2D eigenvalue weighted by molar-refractivity contribution is 0.712. The van der Waals surface area contributed by atoms with Gasteiger partial charge in [-0.15, -0.1) is 0 Å². The second kappa shape index (κ2) is 5.60. The van der Waals surface area contributed by atoms with E-state index < -0.39 is 0 Å². The molecular weight excluding hydrogens is 264 g/mol. The minimum absolute atomic E-state index is 0.00246. The Kier molecular flexibility index (Phi) is 3.64. The molecule has 0 atom stereocenters. The fraction of sp³-hybridized carbons (Fsp3) is 0.375. The third-order valence-electron chi connectivity index (χ3n) is 3.81. The largest absolute Gasteiger partial charge is 0.322 e. The first-order valence-electron chi connectivity index (χ1n) is 7.46. The number of aryl methyl sites for hydroxylation is 1. The van der Waals surface area contributed by atoms with E-state index in [1.165, 1.54) is 4.68 Å². The van der Waals surface area contributed by atoms with Crippen LogP contribution in [0.15, 0.2) is 29.1 Å². The van der Waals surface area contributed by atoms with Gasteiger partial charge in [-0.05, 0) is 31.9 Å². The van der Waals surface area contributed by atoms with Crippen molar-refractivity contribution in [1.29, 1.82) is 0 Å². The Morgan fingerprint density at radius 3 is 2.81 bits per heavy atom. The highest BCUT2D eigenvalue weighted by Crippen LogP contribution is 2.13. The summed E-state index contributed by atoms with van der Waals surface area (Å²) in [4.78, 5) is 20.2. The molecule has 1 aromatic carbocycles. The summed E-state index contributed by atoms with van der Waals surface area (Å²) in [5.41, 5.74) is 3.58. The Bertz CT molecular complexity index is 776. The topological polar surface area (TPSA) is 66.5 Å². The van der Waals surface area contributed by atoms with Gasteiger partial charge in [-0.1, -0.05) is 31.9 Å². The van der Waals surface area contributed by atoms with Crippen LogP contribution in [0, 0.1) is 6.92 Å². The second-order valence-electron chi connectivity index (χ2n) is 5.39. The highest BCUT2D eigenvalue weighted by molar-refractivity contribution is 5.75. The molecule has 21 heavy (non-hydrogen) atoms. The smallest absolute Gasteiger partial charge is 0.277 e.